The molecule has 0 amide bonds. The number of ketones is 1. The zero-order valence-corrected chi connectivity index (χ0v) is 10.7. The maximum Gasteiger partial charge on any atom is 0.168 e. The van der Waals surface area contributed by atoms with E-state index < -0.39 is 5.82 Å². The third kappa shape index (κ3) is 3.06. The lowest BCUT2D eigenvalue weighted by Crippen LogP contribution is -2.04. The van der Waals surface area contributed by atoms with Gasteiger partial charge in [0.2, 0.25) is 0 Å². The predicted molar refractivity (Wildman–Crippen MR) is 68.7 cm³/mol. The summed E-state index contributed by atoms with van der Waals surface area (Å²) in [6.45, 7) is 0. The number of hydrogen-bond acceptors (Lipinski definition) is 2. The second kappa shape index (κ2) is 5.46. The molecule has 1 aromatic heterocycles. The number of hydrogen-bond donors (Lipinski definition) is 0. The fraction of sp³-hybridized carbons (Fsp3) is 0.0769. The summed E-state index contributed by atoms with van der Waals surface area (Å²) in [5.74, 6) is -0.608. The quantitative estimate of drug-likeness (QED) is 0.631. The van der Waals surface area contributed by atoms with Crippen molar-refractivity contribution < 1.29 is 9.18 Å². The van der Waals surface area contributed by atoms with Crippen molar-refractivity contribution in [3.8, 4) is 0 Å². The van der Waals surface area contributed by atoms with E-state index in [1.165, 1.54) is 30.5 Å². The molecule has 0 saturated heterocycles. The van der Waals surface area contributed by atoms with E-state index in [2.05, 4.69) is 4.98 Å². The molecule has 2 rings (SSSR count). The number of rotatable bonds is 3. The smallest absolute Gasteiger partial charge is 0.168 e. The van der Waals surface area contributed by atoms with E-state index in [0.717, 1.165) is 0 Å². The zero-order valence-electron chi connectivity index (χ0n) is 9.16. The van der Waals surface area contributed by atoms with Crippen molar-refractivity contribution in [3.63, 3.8) is 0 Å². The van der Waals surface area contributed by atoms with E-state index in [0.29, 0.717) is 21.3 Å². The Balaban J connectivity index is 2.21. The average molecular weight is 284 g/mol. The number of benzene rings is 1. The van der Waals surface area contributed by atoms with Gasteiger partial charge in [0.15, 0.2) is 5.78 Å². The molecule has 1 aromatic carbocycles. The monoisotopic (exact) mass is 283 g/mol. The third-order valence-electron chi connectivity index (χ3n) is 2.41. The Morgan fingerprint density at radius 1 is 1.22 bits per heavy atom. The molecule has 0 saturated carbocycles. The molecule has 0 N–H and O–H groups in total. The van der Waals surface area contributed by atoms with Gasteiger partial charge in [-0.25, -0.2) is 9.37 Å². The van der Waals surface area contributed by atoms with Crippen LogP contribution in [0.1, 0.15) is 15.9 Å². The van der Waals surface area contributed by atoms with Gasteiger partial charge in [0, 0.05) is 23.2 Å². The number of carbonyl (C=O) groups is 1. The molecule has 18 heavy (non-hydrogen) atoms. The molecule has 0 unspecified atom stereocenters. The fourth-order valence-corrected chi connectivity index (χ4v) is 1.79. The Hall–Kier alpha value is -1.45. The van der Waals surface area contributed by atoms with E-state index in [1.807, 2.05) is 0 Å². The highest BCUT2D eigenvalue weighted by Gasteiger charge is 2.11. The summed E-state index contributed by atoms with van der Waals surface area (Å²) in [6.07, 6.45) is 1.41. The van der Waals surface area contributed by atoms with Crippen LogP contribution in [0.3, 0.4) is 0 Å². The number of nitrogens with zero attached hydrogens (tertiary/aromatic N) is 1. The van der Waals surface area contributed by atoms with Crippen LogP contribution in [0.15, 0.2) is 36.5 Å². The molecule has 0 aliphatic heterocycles. The molecule has 0 atom stereocenters. The lowest BCUT2D eigenvalue weighted by molar-refractivity contribution is 0.0992. The highest BCUT2D eigenvalue weighted by Crippen LogP contribution is 2.19. The number of aromatic nitrogens is 1. The van der Waals surface area contributed by atoms with E-state index >= 15 is 0 Å². The van der Waals surface area contributed by atoms with Crippen molar-refractivity contribution in [2.75, 3.05) is 0 Å². The average Bonchev–Trinajstić information content (AvgIpc) is 2.34. The van der Waals surface area contributed by atoms with Gasteiger partial charge in [0.1, 0.15) is 11.0 Å². The molecule has 0 fully saturated rings. The summed E-state index contributed by atoms with van der Waals surface area (Å²) in [4.78, 5) is 15.7. The molecule has 0 aliphatic rings. The van der Waals surface area contributed by atoms with Crippen molar-refractivity contribution >= 4 is 29.0 Å². The summed E-state index contributed by atoms with van der Waals surface area (Å²) in [5.41, 5.74) is 0.872. The predicted octanol–water partition coefficient (Wildman–Crippen LogP) is 3.95. The van der Waals surface area contributed by atoms with E-state index in [1.54, 1.807) is 6.07 Å². The van der Waals surface area contributed by atoms with Crippen molar-refractivity contribution in [2.24, 2.45) is 0 Å². The van der Waals surface area contributed by atoms with Gasteiger partial charge in [-0.05, 0) is 35.9 Å². The Labute approximate surface area is 113 Å². The standard InChI is InChI=1S/C13H8Cl2FNO/c14-11-3-2-10(16)5-9(11)6-12(18)8-1-4-13(15)17-7-8/h1-5,7H,6H2. The first kappa shape index (κ1) is 13.0. The number of Topliss-reactive ketones (excluding diaryl/α,β-unsaturated/α-hetero) is 1. The number of carbonyl (C=O) groups excluding carboxylic acids is 1. The first-order valence-electron chi connectivity index (χ1n) is 5.15. The molecule has 92 valence electrons. The van der Waals surface area contributed by atoms with Crippen LogP contribution in [0.25, 0.3) is 0 Å². The summed E-state index contributed by atoms with van der Waals surface area (Å²) in [6, 6.07) is 7.04. The molecule has 0 radical (unpaired) electrons. The maximum atomic E-state index is 13.1. The van der Waals surface area contributed by atoms with Crippen LogP contribution in [0.2, 0.25) is 10.2 Å². The van der Waals surface area contributed by atoms with Crippen molar-refractivity contribution in [1.82, 2.24) is 4.98 Å². The van der Waals surface area contributed by atoms with Crippen LogP contribution >= 0.6 is 23.2 Å². The normalized spacial score (nSPS) is 10.4. The van der Waals surface area contributed by atoms with Gasteiger partial charge < -0.3 is 0 Å². The zero-order chi connectivity index (χ0) is 13.1. The minimum absolute atomic E-state index is 0.0277. The van der Waals surface area contributed by atoms with Gasteiger partial charge in [-0.3, -0.25) is 4.79 Å². The largest absolute Gasteiger partial charge is 0.294 e. The Morgan fingerprint density at radius 2 is 2.00 bits per heavy atom. The van der Waals surface area contributed by atoms with Crippen molar-refractivity contribution in [3.05, 3.63) is 63.6 Å². The molecular formula is C13H8Cl2FNO. The second-order valence-corrected chi connectivity index (χ2v) is 4.50. The summed E-state index contributed by atoms with van der Waals surface area (Å²) in [5, 5.41) is 0.682. The highest BCUT2D eigenvalue weighted by atomic mass is 35.5. The molecule has 2 aromatic rings. The first-order chi connectivity index (χ1) is 8.56. The Kier molecular flexibility index (Phi) is 3.94. The van der Waals surface area contributed by atoms with Gasteiger partial charge in [0.25, 0.3) is 0 Å². The number of pyridine rings is 1. The third-order valence-corrected chi connectivity index (χ3v) is 3.00. The van der Waals surface area contributed by atoms with E-state index in [9.17, 15) is 9.18 Å². The summed E-state index contributed by atoms with van der Waals surface area (Å²) >= 11 is 11.5. The lowest BCUT2D eigenvalue weighted by atomic mass is 10.0. The van der Waals surface area contributed by atoms with Crippen molar-refractivity contribution in [1.29, 1.82) is 0 Å². The molecule has 5 heteroatoms. The van der Waals surface area contributed by atoms with E-state index in [-0.39, 0.29) is 12.2 Å². The summed E-state index contributed by atoms with van der Waals surface area (Å²) in [7, 11) is 0. The van der Waals surface area contributed by atoms with Crippen LogP contribution in [0.4, 0.5) is 4.39 Å². The Bertz CT molecular complexity index is 584. The SMILES string of the molecule is O=C(Cc1cc(F)ccc1Cl)c1ccc(Cl)nc1. The van der Waals surface area contributed by atoms with E-state index in [4.69, 9.17) is 23.2 Å². The van der Waals surface area contributed by atoms with Gasteiger partial charge in [-0.2, -0.15) is 0 Å². The Morgan fingerprint density at radius 3 is 2.67 bits per heavy atom. The molecule has 0 bridgehead atoms. The minimum Gasteiger partial charge on any atom is -0.294 e. The fourth-order valence-electron chi connectivity index (χ4n) is 1.49. The minimum atomic E-state index is -0.420. The summed E-state index contributed by atoms with van der Waals surface area (Å²) < 4.78 is 13.1. The van der Waals surface area contributed by atoms with Crippen LogP contribution in [0.5, 0.6) is 0 Å². The molecule has 2 nitrogen and oxygen atoms in total. The maximum absolute atomic E-state index is 13.1. The van der Waals surface area contributed by atoms with Crippen LogP contribution < -0.4 is 0 Å². The van der Waals surface area contributed by atoms with Crippen molar-refractivity contribution in [2.45, 2.75) is 6.42 Å². The molecule has 1 heterocycles. The molecule has 0 spiro atoms. The van der Waals surface area contributed by atoms with Crippen LogP contribution in [0, 0.1) is 5.82 Å². The topological polar surface area (TPSA) is 30.0 Å². The lowest BCUT2D eigenvalue weighted by Gasteiger charge is -2.04. The van der Waals surface area contributed by atoms with Gasteiger partial charge in [-0.1, -0.05) is 23.2 Å². The van der Waals surface area contributed by atoms with Gasteiger partial charge in [0.05, 0.1) is 0 Å². The molecule has 0 aliphatic carbocycles. The second-order valence-electron chi connectivity index (χ2n) is 3.71. The first-order valence-corrected chi connectivity index (χ1v) is 5.90. The number of halogens is 3. The van der Waals surface area contributed by atoms with Gasteiger partial charge in [-0.15, -0.1) is 0 Å². The highest BCUT2D eigenvalue weighted by molar-refractivity contribution is 6.31. The van der Waals surface area contributed by atoms with Gasteiger partial charge >= 0.3 is 0 Å². The van der Waals surface area contributed by atoms with Crippen LogP contribution in [-0.4, -0.2) is 10.8 Å². The molecular weight excluding hydrogens is 276 g/mol. The van der Waals surface area contributed by atoms with Crippen LogP contribution in [-0.2, 0) is 6.42 Å².